The van der Waals surface area contributed by atoms with Crippen LogP contribution in [0.15, 0.2) is 54.6 Å². The minimum absolute atomic E-state index is 0.00441. The average Bonchev–Trinajstić information content (AvgIpc) is 2.79. The first-order chi connectivity index (χ1) is 15.5. The van der Waals surface area contributed by atoms with Crippen LogP contribution in [0.5, 0.6) is 5.75 Å². The number of nitrogens with zero attached hydrogens (tertiary/aromatic N) is 1. The Labute approximate surface area is 192 Å². The zero-order valence-corrected chi connectivity index (χ0v) is 19.6. The van der Waals surface area contributed by atoms with Gasteiger partial charge in [0.1, 0.15) is 12.4 Å². The molecule has 0 bridgehead atoms. The molecule has 0 spiro atoms. The smallest absolute Gasteiger partial charge is 0.224 e. The molecule has 0 saturated carbocycles. The molecule has 0 heterocycles. The molecule has 1 unspecified atom stereocenters. The number of hydrogen-bond acceptors (Lipinski definition) is 4. The van der Waals surface area contributed by atoms with E-state index in [1.165, 1.54) is 0 Å². The lowest BCUT2D eigenvalue weighted by Gasteiger charge is -2.18. The Bertz CT molecular complexity index is 805. The molecule has 0 fully saturated rings. The standard InChI is InChI=1S/C26H37N3O3/c1-4-29(5-2)17-9-16-27-25(30)18-21(3)19-26(31)28-23-12-14-24(15-13-23)32-20-22-10-7-6-8-11-22/h6-8,10-15,21H,4-5,9,16-20H2,1-3H3,(H,27,30)(H,28,31). The van der Waals surface area contributed by atoms with E-state index < -0.39 is 0 Å². The highest BCUT2D eigenvalue weighted by Crippen LogP contribution is 2.18. The number of anilines is 1. The van der Waals surface area contributed by atoms with Crippen molar-refractivity contribution in [2.24, 2.45) is 5.92 Å². The van der Waals surface area contributed by atoms with Gasteiger partial charge in [0.2, 0.25) is 11.8 Å². The highest BCUT2D eigenvalue weighted by molar-refractivity contribution is 5.91. The lowest BCUT2D eigenvalue weighted by Crippen LogP contribution is -2.31. The Morgan fingerprint density at radius 3 is 2.25 bits per heavy atom. The first kappa shape index (κ1) is 25.4. The third kappa shape index (κ3) is 9.96. The summed E-state index contributed by atoms with van der Waals surface area (Å²) in [7, 11) is 0. The minimum atomic E-state index is -0.0928. The molecule has 2 N–H and O–H groups in total. The first-order valence-corrected chi connectivity index (χ1v) is 11.6. The highest BCUT2D eigenvalue weighted by atomic mass is 16.5. The van der Waals surface area contributed by atoms with Gasteiger partial charge in [0.25, 0.3) is 0 Å². The van der Waals surface area contributed by atoms with Crippen LogP contribution in [-0.4, -0.2) is 42.9 Å². The molecule has 2 aromatic carbocycles. The van der Waals surface area contributed by atoms with Crippen LogP contribution in [0, 0.1) is 5.92 Å². The summed E-state index contributed by atoms with van der Waals surface area (Å²) in [5, 5.41) is 5.85. The molecule has 0 aliphatic heterocycles. The van der Waals surface area contributed by atoms with E-state index in [0.717, 1.165) is 43.1 Å². The van der Waals surface area contributed by atoms with Gasteiger partial charge in [-0.3, -0.25) is 9.59 Å². The van der Waals surface area contributed by atoms with Crippen LogP contribution in [0.4, 0.5) is 5.69 Å². The summed E-state index contributed by atoms with van der Waals surface area (Å²) in [6.45, 7) is 10.4. The van der Waals surface area contributed by atoms with Crippen LogP contribution in [-0.2, 0) is 16.2 Å². The van der Waals surface area contributed by atoms with Gasteiger partial charge < -0.3 is 20.3 Å². The number of ether oxygens (including phenoxy) is 1. The van der Waals surface area contributed by atoms with E-state index in [1.807, 2.05) is 61.5 Å². The summed E-state index contributed by atoms with van der Waals surface area (Å²) < 4.78 is 5.77. The zero-order chi connectivity index (χ0) is 23.2. The van der Waals surface area contributed by atoms with Crippen LogP contribution in [0.1, 0.15) is 45.6 Å². The van der Waals surface area contributed by atoms with Crippen LogP contribution < -0.4 is 15.4 Å². The summed E-state index contributed by atoms with van der Waals surface area (Å²) in [5.41, 5.74) is 1.82. The molecule has 2 amide bonds. The molecule has 0 aliphatic carbocycles. The van der Waals surface area contributed by atoms with Gasteiger partial charge in [0, 0.05) is 25.1 Å². The Balaban J connectivity index is 1.65. The molecule has 6 heteroatoms. The maximum atomic E-state index is 12.3. The lowest BCUT2D eigenvalue weighted by atomic mass is 10.0. The number of carbonyl (C=O) groups is 2. The largest absolute Gasteiger partial charge is 0.489 e. The molecule has 2 rings (SSSR count). The molecule has 0 radical (unpaired) electrons. The van der Waals surface area contributed by atoms with Crippen LogP contribution in [0.3, 0.4) is 0 Å². The summed E-state index contributed by atoms with van der Waals surface area (Å²) in [4.78, 5) is 26.8. The number of amides is 2. The summed E-state index contributed by atoms with van der Waals surface area (Å²) >= 11 is 0. The van der Waals surface area contributed by atoms with Crippen molar-refractivity contribution in [3.8, 4) is 5.75 Å². The summed E-state index contributed by atoms with van der Waals surface area (Å²) in [6, 6.07) is 17.3. The van der Waals surface area contributed by atoms with Gasteiger partial charge in [-0.2, -0.15) is 0 Å². The predicted octanol–water partition coefficient (Wildman–Crippen LogP) is 4.47. The molecule has 0 aliphatic rings. The van der Waals surface area contributed by atoms with Gasteiger partial charge in [-0.05, 0) is 61.8 Å². The van der Waals surface area contributed by atoms with Gasteiger partial charge in [0.15, 0.2) is 0 Å². The second-order valence-corrected chi connectivity index (χ2v) is 8.09. The normalized spacial score (nSPS) is 11.8. The lowest BCUT2D eigenvalue weighted by molar-refractivity contribution is -0.122. The van der Waals surface area contributed by atoms with Crippen LogP contribution >= 0.6 is 0 Å². The summed E-state index contributed by atoms with van der Waals surface area (Å²) in [6.07, 6.45) is 1.59. The second-order valence-electron chi connectivity index (χ2n) is 8.09. The Morgan fingerprint density at radius 2 is 1.59 bits per heavy atom. The van der Waals surface area contributed by atoms with Gasteiger partial charge >= 0.3 is 0 Å². The molecule has 6 nitrogen and oxygen atoms in total. The molecule has 32 heavy (non-hydrogen) atoms. The van der Waals surface area contributed by atoms with Crippen molar-refractivity contribution in [2.75, 3.05) is 31.5 Å². The van der Waals surface area contributed by atoms with Crippen molar-refractivity contribution in [3.63, 3.8) is 0 Å². The number of benzene rings is 2. The number of nitrogens with one attached hydrogen (secondary N) is 2. The fourth-order valence-electron chi connectivity index (χ4n) is 3.44. The Kier molecular flexibility index (Phi) is 11.3. The van der Waals surface area contributed by atoms with E-state index in [-0.39, 0.29) is 17.7 Å². The molecular weight excluding hydrogens is 402 g/mol. The predicted molar refractivity (Wildman–Crippen MR) is 130 cm³/mol. The SMILES string of the molecule is CCN(CC)CCCNC(=O)CC(C)CC(=O)Nc1ccc(OCc2ccccc2)cc1. The number of hydrogen-bond donors (Lipinski definition) is 2. The van der Waals surface area contributed by atoms with Crippen LogP contribution in [0.2, 0.25) is 0 Å². The molecule has 2 aromatic rings. The van der Waals surface area contributed by atoms with E-state index in [4.69, 9.17) is 4.74 Å². The van der Waals surface area contributed by atoms with Crippen molar-refractivity contribution >= 4 is 17.5 Å². The van der Waals surface area contributed by atoms with Gasteiger partial charge in [0.05, 0.1) is 0 Å². The fourth-order valence-corrected chi connectivity index (χ4v) is 3.44. The molecular formula is C26H37N3O3. The van der Waals surface area contributed by atoms with Crippen molar-refractivity contribution in [2.45, 2.75) is 46.6 Å². The topological polar surface area (TPSA) is 70.7 Å². The third-order valence-electron chi connectivity index (χ3n) is 5.32. The van der Waals surface area contributed by atoms with Gasteiger partial charge in [-0.15, -0.1) is 0 Å². The van der Waals surface area contributed by atoms with Crippen molar-refractivity contribution < 1.29 is 14.3 Å². The van der Waals surface area contributed by atoms with E-state index >= 15 is 0 Å². The van der Waals surface area contributed by atoms with Crippen molar-refractivity contribution in [3.05, 3.63) is 60.2 Å². The van der Waals surface area contributed by atoms with Crippen molar-refractivity contribution in [1.29, 1.82) is 0 Å². The Hall–Kier alpha value is -2.86. The molecule has 174 valence electrons. The molecule has 0 saturated heterocycles. The van der Waals surface area contributed by atoms with Gasteiger partial charge in [-0.25, -0.2) is 0 Å². The quantitative estimate of drug-likeness (QED) is 0.426. The number of carbonyl (C=O) groups excluding carboxylic acids is 2. The fraction of sp³-hybridized carbons (Fsp3) is 0.462. The third-order valence-corrected chi connectivity index (χ3v) is 5.32. The highest BCUT2D eigenvalue weighted by Gasteiger charge is 2.13. The summed E-state index contributed by atoms with van der Waals surface area (Å²) in [5.74, 6) is 0.638. The first-order valence-electron chi connectivity index (χ1n) is 11.6. The maximum absolute atomic E-state index is 12.3. The van der Waals surface area contributed by atoms with E-state index in [2.05, 4.69) is 29.4 Å². The van der Waals surface area contributed by atoms with Crippen LogP contribution in [0.25, 0.3) is 0 Å². The minimum Gasteiger partial charge on any atom is -0.489 e. The molecule has 1 atom stereocenters. The number of rotatable bonds is 14. The van der Waals surface area contributed by atoms with Crippen molar-refractivity contribution in [1.82, 2.24) is 10.2 Å². The van der Waals surface area contributed by atoms with E-state index in [0.29, 0.717) is 26.0 Å². The second kappa shape index (κ2) is 14.2. The van der Waals surface area contributed by atoms with E-state index in [1.54, 1.807) is 0 Å². The molecule has 0 aromatic heterocycles. The maximum Gasteiger partial charge on any atom is 0.224 e. The monoisotopic (exact) mass is 439 g/mol. The Morgan fingerprint density at radius 1 is 0.938 bits per heavy atom. The average molecular weight is 440 g/mol. The van der Waals surface area contributed by atoms with E-state index in [9.17, 15) is 9.59 Å². The zero-order valence-electron chi connectivity index (χ0n) is 19.6. The van der Waals surface area contributed by atoms with Gasteiger partial charge in [-0.1, -0.05) is 51.1 Å².